The van der Waals surface area contributed by atoms with E-state index in [2.05, 4.69) is 15.3 Å². The van der Waals surface area contributed by atoms with Gasteiger partial charge in [0.15, 0.2) is 0 Å². The van der Waals surface area contributed by atoms with Crippen molar-refractivity contribution in [2.24, 2.45) is 0 Å². The number of pyridine rings is 2. The Morgan fingerprint density at radius 2 is 1.85 bits per heavy atom. The van der Waals surface area contributed by atoms with Crippen molar-refractivity contribution in [3.63, 3.8) is 0 Å². The van der Waals surface area contributed by atoms with E-state index in [9.17, 15) is 13.6 Å². The van der Waals surface area contributed by atoms with Crippen LogP contribution in [0, 0.1) is 11.6 Å². The highest BCUT2D eigenvalue weighted by atomic mass is 19.1. The van der Waals surface area contributed by atoms with Crippen molar-refractivity contribution in [1.82, 2.24) is 15.3 Å². The predicted octanol–water partition coefficient (Wildman–Crippen LogP) is 4.35. The zero-order chi connectivity index (χ0) is 18.8. The molecule has 4 aromatic rings. The molecule has 0 saturated heterocycles. The predicted molar refractivity (Wildman–Crippen MR) is 96.3 cm³/mol. The monoisotopic (exact) mass is 365 g/mol. The van der Waals surface area contributed by atoms with Crippen LogP contribution in [0.15, 0.2) is 60.8 Å². The lowest BCUT2D eigenvalue weighted by Crippen LogP contribution is -2.27. The maximum Gasteiger partial charge on any atom is 0.414 e. The van der Waals surface area contributed by atoms with Gasteiger partial charge in [-0.25, -0.2) is 18.6 Å². The molecule has 0 aliphatic rings. The largest absolute Gasteiger partial charge is 0.414 e. The molecule has 0 saturated carbocycles. The number of fused-ring (bicyclic) bond motifs is 2. The molecule has 2 heterocycles. The smallest absolute Gasteiger partial charge is 0.391 e. The molecular weight excluding hydrogens is 352 g/mol. The minimum atomic E-state index is -0.788. The molecule has 0 atom stereocenters. The van der Waals surface area contributed by atoms with Crippen molar-refractivity contribution < 1.29 is 18.3 Å². The van der Waals surface area contributed by atoms with Crippen molar-refractivity contribution >= 4 is 27.9 Å². The summed E-state index contributed by atoms with van der Waals surface area (Å²) in [6, 6.07) is 14.1. The molecule has 0 bridgehead atoms. The molecule has 27 heavy (non-hydrogen) atoms. The number of hydrogen-bond acceptors (Lipinski definition) is 4. The van der Waals surface area contributed by atoms with Gasteiger partial charge in [0.05, 0.1) is 11.0 Å². The highest BCUT2D eigenvalue weighted by molar-refractivity contribution is 5.94. The molecule has 134 valence electrons. The van der Waals surface area contributed by atoms with Crippen LogP contribution in [0.2, 0.25) is 0 Å². The van der Waals surface area contributed by atoms with E-state index in [0.717, 1.165) is 28.4 Å². The molecule has 1 N–H and O–H groups in total. The van der Waals surface area contributed by atoms with E-state index in [0.29, 0.717) is 5.52 Å². The molecule has 0 unspecified atom stereocenters. The first-order chi connectivity index (χ1) is 13.1. The second kappa shape index (κ2) is 6.95. The molecule has 1 amide bonds. The molecule has 0 aliphatic heterocycles. The van der Waals surface area contributed by atoms with Crippen LogP contribution in [0.5, 0.6) is 5.88 Å². The molecule has 2 aromatic heterocycles. The fraction of sp³-hybridized carbons (Fsp3) is 0.0500. The fourth-order valence-electron chi connectivity index (χ4n) is 2.69. The van der Waals surface area contributed by atoms with Crippen molar-refractivity contribution in [2.75, 3.05) is 0 Å². The normalized spacial score (nSPS) is 10.9. The number of carbonyl (C=O) groups is 1. The summed E-state index contributed by atoms with van der Waals surface area (Å²) in [7, 11) is 0. The van der Waals surface area contributed by atoms with Crippen molar-refractivity contribution in [3.05, 3.63) is 78.0 Å². The van der Waals surface area contributed by atoms with Crippen LogP contribution in [-0.4, -0.2) is 16.1 Å². The summed E-state index contributed by atoms with van der Waals surface area (Å²) < 4.78 is 31.6. The minimum Gasteiger partial charge on any atom is -0.391 e. The van der Waals surface area contributed by atoms with Gasteiger partial charge >= 0.3 is 6.09 Å². The summed E-state index contributed by atoms with van der Waals surface area (Å²) in [5.41, 5.74) is 1.57. The van der Waals surface area contributed by atoms with E-state index in [-0.39, 0.29) is 18.0 Å². The zero-order valence-electron chi connectivity index (χ0n) is 13.9. The first-order valence-corrected chi connectivity index (χ1v) is 8.14. The summed E-state index contributed by atoms with van der Waals surface area (Å²) in [6.07, 6.45) is 0.904. The standard InChI is InChI=1S/C20H13F2N3O2/c21-15-5-3-14(16(22)9-15)11-24-20(26)27-19-6-4-13-8-12-2-1-7-23-17(12)10-18(13)25-19/h1-10H,11H2,(H,24,26). The van der Waals surface area contributed by atoms with Crippen molar-refractivity contribution in [2.45, 2.75) is 6.54 Å². The minimum absolute atomic E-state index is 0.106. The lowest BCUT2D eigenvalue weighted by atomic mass is 10.1. The topological polar surface area (TPSA) is 64.1 Å². The summed E-state index contributed by atoms with van der Waals surface area (Å²) >= 11 is 0. The third-order valence-corrected chi connectivity index (χ3v) is 4.02. The Kier molecular flexibility index (Phi) is 4.33. The number of hydrogen-bond donors (Lipinski definition) is 1. The van der Waals surface area contributed by atoms with E-state index in [1.165, 1.54) is 6.07 Å². The average molecular weight is 365 g/mol. The Morgan fingerprint density at radius 1 is 1.00 bits per heavy atom. The van der Waals surface area contributed by atoms with Crippen LogP contribution in [0.1, 0.15) is 5.56 Å². The number of halogens is 2. The highest BCUT2D eigenvalue weighted by Crippen LogP contribution is 2.22. The molecule has 0 fully saturated rings. The zero-order valence-corrected chi connectivity index (χ0v) is 13.9. The van der Waals surface area contributed by atoms with Gasteiger partial charge < -0.3 is 10.1 Å². The first-order valence-electron chi connectivity index (χ1n) is 8.14. The number of benzene rings is 2. The third-order valence-electron chi connectivity index (χ3n) is 4.02. The van der Waals surface area contributed by atoms with Gasteiger partial charge in [0.25, 0.3) is 0 Å². The van der Waals surface area contributed by atoms with Crippen LogP contribution in [0.25, 0.3) is 21.8 Å². The van der Waals surface area contributed by atoms with E-state index in [4.69, 9.17) is 4.74 Å². The van der Waals surface area contributed by atoms with Crippen LogP contribution < -0.4 is 10.1 Å². The molecule has 4 rings (SSSR count). The highest BCUT2D eigenvalue weighted by Gasteiger charge is 2.09. The second-order valence-electron chi connectivity index (χ2n) is 5.87. The number of carbonyl (C=O) groups excluding carboxylic acids is 1. The SMILES string of the molecule is O=C(NCc1ccc(F)cc1F)Oc1ccc2cc3cccnc3cc2n1. The Bertz CT molecular complexity index is 1160. The van der Waals surface area contributed by atoms with Gasteiger partial charge in [-0.05, 0) is 30.3 Å². The maximum absolute atomic E-state index is 13.6. The summed E-state index contributed by atoms with van der Waals surface area (Å²) in [4.78, 5) is 20.5. The van der Waals surface area contributed by atoms with Crippen LogP contribution in [0.3, 0.4) is 0 Å². The Labute approximate surface area is 152 Å². The average Bonchev–Trinajstić information content (AvgIpc) is 2.65. The number of nitrogens with zero attached hydrogens (tertiary/aromatic N) is 2. The molecule has 0 radical (unpaired) electrons. The van der Waals surface area contributed by atoms with Gasteiger partial charge in [0.2, 0.25) is 5.88 Å². The van der Waals surface area contributed by atoms with E-state index < -0.39 is 17.7 Å². The van der Waals surface area contributed by atoms with E-state index in [1.807, 2.05) is 24.3 Å². The summed E-state index contributed by atoms with van der Waals surface area (Å²) in [6.45, 7) is -0.132. The number of rotatable bonds is 3. The Hall–Kier alpha value is -3.61. The Balaban J connectivity index is 1.48. The van der Waals surface area contributed by atoms with Crippen LogP contribution in [-0.2, 0) is 6.54 Å². The lowest BCUT2D eigenvalue weighted by Gasteiger charge is -2.08. The van der Waals surface area contributed by atoms with Gasteiger partial charge in [-0.3, -0.25) is 4.98 Å². The third kappa shape index (κ3) is 3.67. The number of nitrogens with one attached hydrogen (secondary N) is 1. The summed E-state index contributed by atoms with van der Waals surface area (Å²) in [5.74, 6) is -1.31. The van der Waals surface area contributed by atoms with Gasteiger partial charge in [0, 0.05) is 41.2 Å². The number of aromatic nitrogens is 2. The molecule has 0 spiro atoms. The second-order valence-corrected chi connectivity index (χ2v) is 5.87. The molecule has 7 heteroatoms. The van der Waals surface area contributed by atoms with Crippen molar-refractivity contribution in [3.8, 4) is 5.88 Å². The molecule has 2 aromatic carbocycles. The fourth-order valence-corrected chi connectivity index (χ4v) is 2.69. The van der Waals surface area contributed by atoms with E-state index >= 15 is 0 Å². The van der Waals surface area contributed by atoms with Crippen LogP contribution in [0.4, 0.5) is 13.6 Å². The van der Waals surface area contributed by atoms with Gasteiger partial charge in [-0.15, -0.1) is 0 Å². The van der Waals surface area contributed by atoms with Crippen molar-refractivity contribution in [1.29, 1.82) is 0 Å². The van der Waals surface area contributed by atoms with Gasteiger partial charge in [0.1, 0.15) is 11.6 Å². The maximum atomic E-state index is 13.6. The van der Waals surface area contributed by atoms with E-state index in [1.54, 1.807) is 18.3 Å². The Morgan fingerprint density at radius 3 is 2.70 bits per heavy atom. The van der Waals surface area contributed by atoms with Crippen LogP contribution >= 0.6 is 0 Å². The molecular formula is C20H13F2N3O2. The quantitative estimate of drug-likeness (QED) is 0.548. The lowest BCUT2D eigenvalue weighted by molar-refractivity contribution is 0.198. The number of ether oxygens (including phenoxy) is 1. The summed E-state index contributed by atoms with van der Waals surface area (Å²) in [5, 5.41) is 4.28. The van der Waals surface area contributed by atoms with Gasteiger partial charge in [-0.1, -0.05) is 12.1 Å². The van der Waals surface area contributed by atoms with Gasteiger partial charge in [-0.2, -0.15) is 0 Å². The first kappa shape index (κ1) is 16.8. The molecule has 0 aliphatic carbocycles. The molecule has 5 nitrogen and oxygen atoms in total. The number of amides is 1.